The molecule has 0 aromatic carbocycles. The van der Waals surface area contributed by atoms with E-state index in [4.69, 9.17) is 17.0 Å². The van der Waals surface area contributed by atoms with E-state index < -0.39 is 0 Å². The van der Waals surface area contributed by atoms with Gasteiger partial charge in [0.1, 0.15) is 25.5 Å². The Morgan fingerprint density at radius 3 is 2.80 bits per heavy atom. The molecular formula is C10H17N2OS2+. The third-order valence-corrected chi connectivity index (χ3v) is 2.56. The lowest BCUT2D eigenvalue weighted by molar-refractivity contribution is -0.703. The molecule has 0 aliphatic heterocycles. The second-order valence-corrected chi connectivity index (χ2v) is 4.73. The molecule has 5 heteroatoms. The van der Waals surface area contributed by atoms with Crippen LogP contribution in [0.5, 0.6) is 0 Å². The van der Waals surface area contributed by atoms with Crippen molar-refractivity contribution in [3.8, 4) is 0 Å². The molecular weight excluding hydrogens is 228 g/mol. The molecule has 0 saturated heterocycles. The number of hydrogen-bond acceptors (Lipinski definition) is 2. The molecule has 0 saturated carbocycles. The number of thiocarbonyl (C=S) groups is 1. The van der Waals surface area contributed by atoms with Gasteiger partial charge in [0.25, 0.3) is 5.82 Å². The average molecular weight is 245 g/mol. The molecule has 1 rings (SSSR count). The number of thiol groups is 1. The third-order valence-electron chi connectivity index (χ3n) is 2.31. The van der Waals surface area contributed by atoms with Crippen LogP contribution in [0.4, 0.5) is 0 Å². The molecule has 84 valence electrons. The van der Waals surface area contributed by atoms with Gasteiger partial charge in [0.05, 0.1) is 6.04 Å². The molecule has 0 spiro atoms. The van der Waals surface area contributed by atoms with Crippen LogP contribution in [0.25, 0.3) is 0 Å². The van der Waals surface area contributed by atoms with Crippen LogP contribution in [0.15, 0.2) is 12.4 Å². The molecule has 0 bridgehead atoms. The van der Waals surface area contributed by atoms with Gasteiger partial charge >= 0.3 is 0 Å². The minimum atomic E-state index is 0.302. The normalized spacial score (nSPS) is 10.7. The summed E-state index contributed by atoms with van der Waals surface area (Å²) in [5, 5.41) is 0. The Morgan fingerprint density at radius 2 is 2.33 bits per heavy atom. The lowest BCUT2D eigenvalue weighted by Crippen LogP contribution is -2.38. The summed E-state index contributed by atoms with van der Waals surface area (Å²) in [4.78, 5) is 0. The summed E-state index contributed by atoms with van der Waals surface area (Å²) in [5.41, 5.74) is 0. The number of hydrogen-bond donors (Lipinski definition) is 1. The van der Waals surface area contributed by atoms with Gasteiger partial charge in [-0.15, -0.1) is 0 Å². The van der Waals surface area contributed by atoms with Crippen molar-refractivity contribution in [2.45, 2.75) is 33.4 Å². The standard InChI is InChI=1S/C10H16N2OS2/c1-8(2)12-5-4-11(9(12)3)6-7-13-10(14)15/h4-5,8H,6-7H2,1-3H3/p+1. The maximum Gasteiger partial charge on any atom is 0.253 e. The summed E-state index contributed by atoms with van der Waals surface area (Å²) < 4.78 is 9.80. The lowest BCUT2D eigenvalue weighted by atomic mass is 10.4. The summed E-state index contributed by atoms with van der Waals surface area (Å²) >= 11 is 8.62. The van der Waals surface area contributed by atoms with Gasteiger partial charge in [-0.2, -0.15) is 0 Å². The molecule has 15 heavy (non-hydrogen) atoms. The molecule has 0 radical (unpaired) electrons. The fourth-order valence-electron chi connectivity index (χ4n) is 1.53. The van der Waals surface area contributed by atoms with Crippen LogP contribution in [-0.2, 0) is 11.3 Å². The largest absolute Gasteiger partial charge is 0.475 e. The summed E-state index contributed by atoms with van der Waals surface area (Å²) in [6.07, 6.45) is 4.14. The van der Waals surface area contributed by atoms with Crippen LogP contribution in [0, 0.1) is 6.92 Å². The van der Waals surface area contributed by atoms with Crippen LogP contribution in [-0.4, -0.2) is 15.6 Å². The predicted octanol–water partition coefficient (Wildman–Crippen LogP) is 1.90. The van der Waals surface area contributed by atoms with Gasteiger partial charge in [-0.05, 0) is 26.1 Å². The monoisotopic (exact) mass is 245 g/mol. The Morgan fingerprint density at radius 1 is 1.67 bits per heavy atom. The Balaban J connectivity index is 2.59. The summed E-state index contributed by atoms with van der Waals surface area (Å²) in [5.74, 6) is 1.22. The maximum atomic E-state index is 5.14. The summed E-state index contributed by atoms with van der Waals surface area (Å²) in [6, 6.07) is 0.484. The Hall–Kier alpha value is -0.550. The Labute approximate surface area is 101 Å². The van der Waals surface area contributed by atoms with Crippen molar-refractivity contribution in [1.82, 2.24) is 4.57 Å². The van der Waals surface area contributed by atoms with Crippen LogP contribution >= 0.6 is 24.8 Å². The highest BCUT2D eigenvalue weighted by Crippen LogP contribution is 2.05. The van der Waals surface area contributed by atoms with E-state index >= 15 is 0 Å². The van der Waals surface area contributed by atoms with Gasteiger partial charge in [0.15, 0.2) is 0 Å². The quantitative estimate of drug-likeness (QED) is 0.496. The third kappa shape index (κ3) is 3.50. The average Bonchev–Trinajstić information content (AvgIpc) is 2.47. The van der Waals surface area contributed by atoms with Gasteiger partial charge in [0.2, 0.25) is 4.38 Å². The summed E-state index contributed by atoms with van der Waals surface area (Å²) in [7, 11) is 0. The molecule has 1 heterocycles. The highest BCUT2D eigenvalue weighted by Gasteiger charge is 2.14. The first-order valence-electron chi connectivity index (χ1n) is 4.95. The fraction of sp³-hybridized carbons (Fsp3) is 0.600. The minimum absolute atomic E-state index is 0.302. The second kappa shape index (κ2) is 5.51. The van der Waals surface area contributed by atoms with Gasteiger partial charge in [-0.3, -0.25) is 0 Å². The number of nitrogens with zero attached hydrogens (tertiary/aromatic N) is 2. The number of rotatable bonds is 4. The maximum absolute atomic E-state index is 5.14. The SMILES string of the molecule is Cc1n(C(C)C)cc[n+]1CCOC(=S)S. The van der Waals surface area contributed by atoms with Crippen LogP contribution in [0.3, 0.4) is 0 Å². The van der Waals surface area contributed by atoms with Crippen molar-refractivity contribution in [2.75, 3.05) is 6.61 Å². The molecule has 1 aromatic rings. The highest BCUT2D eigenvalue weighted by molar-refractivity contribution is 8.10. The highest BCUT2D eigenvalue weighted by atomic mass is 32.1. The first-order chi connectivity index (χ1) is 7.02. The van der Waals surface area contributed by atoms with Gasteiger partial charge in [-0.1, -0.05) is 12.6 Å². The minimum Gasteiger partial charge on any atom is -0.475 e. The van der Waals surface area contributed by atoms with Crippen molar-refractivity contribution in [3.05, 3.63) is 18.2 Å². The zero-order valence-corrected chi connectivity index (χ0v) is 11.0. The van der Waals surface area contributed by atoms with Crippen molar-refractivity contribution < 1.29 is 9.30 Å². The van der Waals surface area contributed by atoms with Gasteiger partial charge < -0.3 is 4.74 Å². The Kier molecular flexibility index (Phi) is 4.60. The number of imidazole rings is 1. The molecule has 0 fully saturated rings. The second-order valence-electron chi connectivity index (χ2n) is 3.65. The van der Waals surface area contributed by atoms with E-state index in [9.17, 15) is 0 Å². The molecule has 0 N–H and O–H groups in total. The van der Waals surface area contributed by atoms with Gasteiger partial charge in [0, 0.05) is 6.92 Å². The zero-order chi connectivity index (χ0) is 11.4. The van der Waals surface area contributed by atoms with Crippen LogP contribution in [0.2, 0.25) is 0 Å². The van der Waals surface area contributed by atoms with E-state index in [2.05, 4.69) is 54.9 Å². The van der Waals surface area contributed by atoms with Crippen molar-refractivity contribution in [2.24, 2.45) is 0 Å². The van der Waals surface area contributed by atoms with E-state index in [0.29, 0.717) is 17.0 Å². The van der Waals surface area contributed by atoms with Crippen LogP contribution < -0.4 is 4.57 Å². The topological polar surface area (TPSA) is 18.0 Å². The molecule has 0 aliphatic rings. The first kappa shape index (κ1) is 12.5. The molecule has 1 aromatic heterocycles. The Bertz CT molecular complexity index is 347. The smallest absolute Gasteiger partial charge is 0.253 e. The van der Waals surface area contributed by atoms with E-state index in [1.165, 1.54) is 5.82 Å². The molecule has 0 unspecified atom stereocenters. The predicted molar refractivity (Wildman–Crippen MR) is 67.3 cm³/mol. The van der Waals surface area contributed by atoms with Crippen molar-refractivity contribution in [1.29, 1.82) is 0 Å². The molecule has 0 aliphatic carbocycles. The number of aromatic nitrogens is 2. The lowest BCUT2D eigenvalue weighted by Gasteiger charge is -2.04. The van der Waals surface area contributed by atoms with E-state index in [1.807, 2.05) is 0 Å². The zero-order valence-electron chi connectivity index (χ0n) is 9.30. The van der Waals surface area contributed by atoms with E-state index in [1.54, 1.807) is 0 Å². The van der Waals surface area contributed by atoms with E-state index in [0.717, 1.165) is 6.54 Å². The fourth-order valence-corrected chi connectivity index (χ4v) is 1.70. The van der Waals surface area contributed by atoms with Crippen LogP contribution in [0.1, 0.15) is 25.7 Å². The number of ether oxygens (including phenoxy) is 1. The summed E-state index contributed by atoms with van der Waals surface area (Å²) in [6.45, 7) is 7.79. The molecule has 0 atom stereocenters. The van der Waals surface area contributed by atoms with Crippen molar-refractivity contribution >= 4 is 29.2 Å². The first-order valence-corrected chi connectivity index (χ1v) is 5.80. The molecule has 3 nitrogen and oxygen atoms in total. The van der Waals surface area contributed by atoms with E-state index in [-0.39, 0.29) is 0 Å². The van der Waals surface area contributed by atoms with Gasteiger partial charge in [-0.25, -0.2) is 9.13 Å². The molecule has 0 amide bonds. The van der Waals surface area contributed by atoms with Crippen molar-refractivity contribution in [3.63, 3.8) is 0 Å².